The van der Waals surface area contributed by atoms with Crippen molar-refractivity contribution in [2.24, 2.45) is 7.05 Å². The van der Waals surface area contributed by atoms with Crippen LogP contribution in [0.2, 0.25) is 0 Å². The number of tetrazole rings is 1. The predicted octanol–water partition coefficient (Wildman–Crippen LogP) is 0.458. The van der Waals surface area contributed by atoms with Gasteiger partial charge in [-0.05, 0) is 29.8 Å². The maximum absolute atomic E-state index is 4.40. The van der Waals surface area contributed by atoms with Gasteiger partial charge in [0.2, 0.25) is 0 Å². The van der Waals surface area contributed by atoms with Crippen LogP contribution in [-0.4, -0.2) is 36.5 Å². The van der Waals surface area contributed by atoms with Gasteiger partial charge in [0.25, 0.3) is 0 Å². The Morgan fingerprint density at radius 2 is 2.17 bits per heavy atom. The van der Waals surface area contributed by atoms with Gasteiger partial charge in [-0.15, -0.1) is 5.10 Å². The normalized spacial score (nSPS) is 11.1. The SMILES string of the molecule is CCCNCc1nnnn1-c1cn(C)nc1CC. The highest BCUT2D eigenvalue weighted by atomic mass is 15.6. The summed E-state index contributed by atoms with van der Waals surface area (Å²) >= 11 is 0. The molecule has 2 heterocycles. The van der Waals surface area contributed by atoms with Crippen LogP contribution in [0, 0.1) is 0 Å². The predicted molar refractivity (Wildman–Crippen MR) is 67.3 cm³/mol. The zero-order chi connectivity index (χ0) is 13.0. The first kappa shape index (κ1) is 12.7. The van der Waals surface area contributed by atoms with Gasteiger partial charge >= 0.3 is 0 Å². The van der Waals surface area contributed by atoms with Crippen molar-refractivity contribution in [2.75, 3.05) is 6.54 Å². The van der Waals surface area contributed by atoms with E-state index in [1.54, 1.807) is 9.36 Å². The fourth-order valence-electron chi connectivity index (χ4n) is 1.83. The smallest absolute Gasteiger partial charge is 0.170 e. The van der Waals surface area contributed by atoms with E-state index in [0.29, 0.717) is 6.54 Å². The third-order valence-corrected chi connectivity index (χ3v) is 2.69. The maximum atomic E-state index is 4.40. The minimum atomic E-state index is 0.666. The molecule has 7 heteroatoms. The van der Waals surface area contributed by atoms with E-state index >= 15 is 0 Å². The van der Waals surface area contributed by atoms with Gasteiger partial charge in [-0.2, -0.15) is 9.78 Å². The lowest BCUT2D eigenvalue weighted by molar-refractivity contribution is 0.631. The Labute approximate surface area is 106 Å². The summed E-state index contributed by atoms with van der Waals surface area (Å²) in [5.41, 5.74) is 1.96. The van der Waals surface area contributed by atoms with Crippen molar-refractivity contribution in [3.05, 3.63) is 17.7 Å². The molecule has 0 aliphatic rings. The van der Waals surface area contributed by atoms with Gasteiger partial charge in [0.1, 0.15) is 5.69 Å². The fourth-order valence-corrected chi connectivity index (χ4v) is 1.83. The van der Waals surface area contributed by atoms with Gasteiger partial charge < -0.3 is 5.32 Å². The molecular formula is C11H19N7. The zero-order valence-corrected chi connectivity index (χ0v) is 11.1. The van der Waals surface area contributed by atoms with E-state index in [4.69, 9.17) is 0 Å². The van der Waals surface area contributed by atoms with Gasteiger partial charge in [0.05, 0.1) is 18.4 Å². The van der Waals surface area contributed by atoms with E-state index in [0.717, 1.165) is 36.6 Å². The van der Waals surface area contributed by atoms with E-state index in [-0.39, 0.29) is 0 Å². The summed E-state index contributed by atoms with van der Waals surface area (Å²) in [5, 5.41) is 19.6. The van der Waals surface area contributed by atoms with Crippen molar-refractivity contribution < 1.29 is 0 Å². The van der Waals surface area contributed by atoms with Crippen LogP contribution in [0.15, 0.2) is 6.20 Å². The van der Waals surface area contributed by atoms with Crippen molar-refractivity contribution in [1.29, 1.82) is 0 Å². The minimum Gasteiger partial charge on any atom is -0.310 e. The average Bonchev–Trinajstić information content (AvgIpc) is 2.95. The zero-order valence-electron chi connectivity index (χ0n) is 11.1. The van der Waals surface area contributed by atoms with E-state index < -0.39 is 0 Å². The summed E-state index contributed by atoms with van der Waals surface area (Å²) in [4.78, 5) is 0. The topological polar surface area (TPSA) is 73.5 Å². The number of rotatable bonds is 6. The monoisotopic (exact) mass is 249 g/mol. The van der Waals surface area contributed by atoms with Crippen LogP contribution in [0.3, 0.4) is 0 Å². The lowest BCUT2D eigenvalue weighted by Gasteiger charge is -2.04. The number of aryl methyl sites for hydroxylation is 2. The maximum Gasteiger partial charge on any atom is 0.170 e. The molecule has 0 spiro atoms. The molecule has 0 bridgehead atoms. The summed E-state index contributed by atoms with van der Waals surface area (Å²) in [6.45, 7) is 5.83. The third-order valence-electron chi connectivity index (χ3n) is 2.69. The Kier molecular flexibility index (Phi) is 4.03. The number of hydrogen-bond acceptors (Lipinski definition) is 5. The molecule has 0 amide bonds. The summed E-state index contributed by atoms with van der Waals surface area (Å²) < 4.78 is 3.55. The Hall–Kier alpha value is -1.76. The van der Waals surface area contributed by atoms with Gasteiger partial charge in [-0.3, -0.25) is 4.68 Å². The quantitative estimate of drug-likeness (QED) is 0.753. The van der Waals surface area contributed by atoms with Crippen LogP contribution in [0.25, 0.3) is 5.69 Å². The Morgan fingerprint density at radius 1 is 1.33 bits per heavy atom. The largest absolute Gasteiger partial charge is 0.310 e. The van der Waals surface area contributed by atoms with Gasteiger partial charge in [0.15, 0.2) is 5.82 Å². The lowest BCUT2D eigenvalue weighted by atomic mass is 10.3. The van der Waals surface area contributed by atoms with Crippen molar-refractivity contribution in [3.63, 3.8) is 0 Å². The summed E-state index contributed by atoms with van der Waals surface area (Å²) in [6, 6.07) is 0. The van der Waals surface area contributed by atoms with E-state index in [2.05, 4.69) is 39.8 Å². The van der Waals surface area contributed by atoms with Crippen LogP contribution >= 0.6 is 0 Å². The molecule has 0 fully saturated rings. The highest BCUT2D eigenvalue weighted by Gasteiger charge is 2.13. The molecule has 2 aromatic rings. The molecule has 1 N–H and O–H groups in total. The molecule has 0 aromatic carbocycles. The molecule has 18 heavy (non-hydrogen) atoms. The summed E-state index contributed by atoms with van der Waals surface area (Å²) in [5.74, 6) is 0.811. The van der Waals surface area contributed by atoms with Crippen molar-refractivity contribution in [2.45, 2.75) is 33.2 Å². The Morgan fingerprint density at radius 3 is 2.89 bits per heavy atom. The second-order valence-corrected chi connectivity index (χ2v) is 4.17. The minimum absolute atomic E-state index is 0.666. The third kappa shape index (κ3) is 2.56. The fraction of sp³-hybridized carbons (Fsp3) is 0.636. The number of nitrogens with zero attached hydrogens (tertiary/aromatic N) is 6. The van der Waals surface area contributed by atoms with Crippen molar-refractivity contribution in [1.82, 2.24) is 35.3 Å². The van der Waals surface area contributed by atoms with E-state index in [1.165, 1.54) is 0 Å². The van der Waals surface area contributed by atoms with E-state index in [9.17, 15) is 0 Å². The first-order chi connectivity index (χ1) is 8.76. The van der Waals surface area contributed by atoms with Crippen molar-refractivity contribution in [3.8, 4) is 5.69 Å². The second kappa shape index (κ2) is 5.72. The van der Waals surface area contributed by atoms with Crippen molar-refractivity contribution >= 4 is 0 Å². The molecule has 0 unspecified atom stereocenters. The second-order valence-electron chi connectivity index (χ2n) is 4.17. The molecule has 98 valence electrons. The molecule has 2 aromatic heterocycles. The van der Waals surface area contributed by atoms with E-state index in [1.807, 2.05) is 13.2 Å². The highest BCUT2D eigenvalue weighted by Crippen LogP contribution is 2.13. The first-order valence-corrected chi connectivity index (χ1v) is 6.27. The van der Waals surface area contributed by atoms with Gasteiger partial charge in [-0.25, -0.2) is 0 Å². The van der Waals surface area contributed by atoms with Crippen LogP contribution in [0.4, 0.5) is 0 Å². The molecule has 7 nitrogen and oxygen atoms in total. The average molecular weight is 249 g/mol. The number of nitrogens with one attached hydrogen (secondary N) is 1. The Balaban J connectivity index is 2.24. The lowest BCUT2D eigenvalue weighted by Crippen LogP contribution is -2.17. The highest BCUT2D eigenvalue weighted by molar-refractivity contribution is 5.34. The number of hydrogen-bond donors (Lipinski definition) is 1. The van der Waals surface area contributed by atoms with Gasteiger partial charge in [0, 0.05) is 7.05 Å². The molecular weight excluding hydrogens is 230 g/mol. The van der Waals surface area contributed by atoms with Crippen LogP contribution in [0.1, 0.15) is 31.8 Å². The molecule has 2 rings (SSSR count). The molecule has 0 aliphatic heterocycles. The standard InChI is InChI=1S/C11H19N7/c1-4-6-12-7-11-13-15-16-18(11)10-8-17(3)14-9(10)5-2/h8,12H,4-7H2,1-3H3. The molecule has 0 radical (unpaired) electrons. The Bertz CT molecular complexity index is 499. The molecule has 0 saturated carbocycles. The van der Waals surface area contributed by atoms with Crippen LogP contribution in [0.5, 0.6) is 0 Å². The summed E-state index contributed by atoms with van der Waals surface area (Å²) in [7, 11) is 1.90. The number of aromatic nitrogens is 6. The van der Waals surface area contributed by atoms with Gasteiger partial charge in [-0.1, -0.05) is 13.8 Å². The van der Waals surface area contributed by atoms with Crippen LogP contribution in [-0.2, 0) is 20.0 Å². The molecule has 0 atom stereocenters. The van der Waals surface area contributed by atoms with Crippen LogP contribution < -0.4 is 5.32 Å². The molecule has 0 aliphatic carbocycles. The molecule has 0 saturated heterocycles. The summed E-state index contributed by atoms with van der Waals surface area (Å²) in [6.07, 6.45) is 3.89. The first-order valence-electron chi connectivity index (χ1n) is 6.27.